The molecule has 18 heavy (non-hydrogen) atoms. The maximum Gasteiger partial charge on any atom is 0.142 e. The summed E-state index contributed by atoms with van der Waals surface area (Å²) in [5.74, 6) is 0.930. The Morgan fingerprint density at radius 2 is 2.11 bits per heavy atom. The Balaban J connectivity index is 2.19. The second-order valence-electron chi connectivity index (χ2n) is 4.80. The van der Waals surface area contributed by atoms with Crippen LogP contribution in [0.3, 0.4) is 0 Å². The summed E-state index contributed by atoms with van der Waals surface area (Å²) in [5.41, 5.74) is 3.36. The summed E-state index contributed by atoms with van der Waals surface area (Å²) < 4.78 is 2.13. The molecule has 0 saturated heterocycles. The largest absolute Gasteiger partial charge is 0.318 e. The fraction of sp³-hybridized carbons (Fsp3) is 0.333. The molecular formula is C15H16N2O. The smallest absolute Gasteiger partial charge is 0.142 e. The molecule has 3 nitrogen and oxygen atoms in total. The molecule has 0 saturated carbocycles. The van der Waals surface area contributed by atoms with Crippen LogP contribution >= 0.6 is 0 Å². The van der Waals surface area contributed by atoms with Crippen LogP contribution in [0.5, 0.6) is 0 Å². The zero-order valence-electron chi connectivity index (χ0n) is 10.5. The number of carbonyl (C=O) groups is 1. The van der Waals surface area contributed by atoms with Crippen molar-refractivity contribution in [3.8, 4) is 11.4 Å². The summed E-state index contributed by atoms with van der Waals surface area (Å²) in [5, 5.41) is 0. The predicted molar refractivity (Wildman–Crippen MR) is 70.4 cm³/mol. The number of aromatic nitrogens is 2. The summed E-state index contributed by atoms with van der Waals surface area (Å²) in [6, 6.07) is 10.0. The third kappa shape index (κ3) is 1.67. The van der Waals surface area contributed by atoms with E-state index in [1.807, 2.05) is 37.3 Å². The summed E-state index contributed by atoms with van der Waals surface area (Å²) in [7, 11) is 0. The molecule has 1 aromatic heterocycles. The molecule has 0 fully saturated rings. The van der Waals surface area contributed by atoms with Crippen LogP contribution in [-0.4, -0.2) is 15.8 Å². The molecule has 0 spiro atoms. The number of carbonyl (C=O) groups excluding carboxylic acids is 1. The Morgan fingerprint density at radius 1 is 1.33 bits per heavy atom. The summed E-state index contributed by atoms with van der Waals surface area (Å²) in [6.07, 6.45) is 4.07. The topological polar surface area (TPSA) is 34.9 Å². The van der Waals surface area contributed by atoms with Gasteiger partial charge in [-0.1, -0.05) is 30.3 Å². The molecule has 92 valence electrons. The minimum atomic E-state index is -0.0508. The molecule has 0 bridgehead atoms. The van der Waals surface area contributed by atoms with Crippen LogP contribution in [0.4, 0.5) is 0 Å². The van der Waals surface area contributed by atoms with Crippen LogP contribution in [0.15, 0.2) is 30.3 Å². The SMILES string of the molecule is Cc1nc(-c2ccccc2)n2c1CCCC2C=O. The molecule has 1 aliphatic rings. The predicted octanol–water partition coefficient (Wildman–Crippen LogP) is 2.93. The van der Waals surface area contributed by atoms with Crippen LogP contribution in [0.25, 0.3) is 11.4 Å². The molecule has 1 atom stereocenters. The van der Waals surface area contributed by atoms with Gasteiger partial charge in [-0.3, -0.25) is 0 Å². The lowest BCUT2D eigenvalue weighted by Crippen LogP contribution is -2.19. The minimum Gasteiger partial charge on any atom is -0.318 e. The van der Waals surface area contributed by atoms with Crippen LogP contribution in [0, 0.1) is 6.92 Å². The zero-order chi connectivity index (χ0) is 12.5. The van der Waals surface area contributed by atoms with Crippen molar-refractivity contribution >= 4 is 6.29 Å². The zero-order valence-corrected chi connectivity index (χ0v) is 10.5. The number of fused-ring (bicyclic) bond motifs is 1. The van der Waals surface area contributed by atoms with Gasteiger partial charge in [0.2, 0.25) is 0 Å². The molecule has 1 unspecified atom stereocenters. The number of hydrogen-bond acceptors (Lipinski definition) is 2. The first kappa shape index (κ1) is 11.2. The number of aldehydes is 1. The first-order valence-electron chi connectivity index (χ1n) is 6.39. The van der Waals surface area contributed by atoms with Crippen molar-refractivity contribution in [1.82, 2.24) is 9.55 Å². The molecule has 1 aliphatic heterocycles. The second kappa shape index (κ2) is 4.41. The molecule has 2 aromatic rings. The number of hydrogen-bond donors (Lipinski definition) is 0. The van der Waals surface area contributed by atoms with Gasteiger partial charge in [-0.05, 0) is 26.2 Å². The number of rotatable bonds is 2. The Bertz CT molecular complexity index is 572. The minimum absolute atomic E-state index is 0.0508. The fourth-order valence-electron chi connectivity index (χ4n) is 2.77. The van der Waals surface area contributed by atoms with Crippen molar-refractivity contribution in [1.29, 1.82) is 0 Å². The van der Waals surface area contributed by atoms with Gasteiger partial charge in [-0.15, -0.1) is 0 Å². The van der Waals surface area contributed by atoms with Gasteiger partial charge in [0.05, 0.1) is 11.7 Å². The molecule has 2 heterocycles. The van der Waals surface area contributed by atoms with Crippen LogP contribution < -0.4 is 0 Å². The average molecular weight is 240 g/mol. The van der Waals surface area contributed by atoms with E-state index in [0.717, 1.165) is 42.6 Å². The van der Waals surface area contributed by atoms with Gasteiger partial charge in [-0.25, -0.2) is 4.98 Å². The van der Waals surface area contributed by atoms with Crippen molar-refractivity contribution in [3.05, 3.63) is 41.7 Å². The van der Waals surface area contributed by atoms with Crippen molar-refractivity contribution in [2.24, 2.45) is 0 Å². The van der Waals surface area contributed by atoms with Gasteiger partial charge in [0.1, 0.15) is 12.1 Å². The molecule has 0 N–H and O–H groups in total. The monoisotopic (exact) mass is 240 g/mol. The summed E-state index contributed by atoms with van der Waals surface area (Å²) in [4.78, 5) is 15.9. The fourth-order valence-corrected chi connectivity index (χ4v) is 2.77. The van der Waals surface area contributed by atoms with Gasteiger partial charge in [0.15, 0.2) is 0 Å². The first-order chi connectivity index (χ1) is 8.81. The van der Waals surface area contributed by atoms with Crippen LogP contribution in [0.1, 0.15) is 30.3 Å². The van der Waals surface area contributed by atoms with E-state index in [2.05, 4.69) is 9.55 Å². The van der Waals surface area contributed by atoms with E-state index < -0.39 is 0 Å². The van der Waals surface area contributed by atoms with E-state index >= 15 is 0 Å². The normalized spacial score (nSPS) is 18.4. The van der Waals surface area contributed by atoms with E-state index in [9.17, 15) is 4.79 Å². The van der Waals surface area contributed by atoms with Crippen molar-refractivity contribution in [2.75, 3.05) is 0 Å². The van der Waals surface area contributed by atoms with E-state index in [4.69, 9.17) is 0 Å². The lowest BCUT2D eigenvalue weighted by atomic mass is 10.0. The highest BCUT2D eigenvalue weighted by Gasteiger charge is 2.25. The summed E-state index contributed by atoms with van der Waals surface area (Å²) >= 11 is 0. The van der Waals surface area contributed by atoms with Crippen LogP contribution in [0.2, 0.25) is 0 Å². The molecule has 0 aliphatic carbocycles. The third-order valence-corrected chi connectivity index (χ3v) is 3.64. The van der Waals surface area contributed by atoms with Crippen molar-refractivity contribution in [2.45, 2.75) is 32.2 Å². The van der Waals surface area contributed by atoms with Crippen molar-refractivity contribution in [3.63, 3.8) is 0 Å². The van der Waals surface area contributed by atoms with Gasteiger partial charge < -0.3 is 9.36 Å². The van der Waals surface area contributed by atoms with Crippen LogP contribution in [-0.2, 0) is 11.2 Å². The number of imidazole rings is 1. The lowest BCUT2D eigenvalue weighted by molar-refractivity contribution is -0.110. The average Bonchev–Trinajstić information content (AvgIpc) is 2.77. The van der Waals surface area contributed by atoms with E-state index in [0.29, 0.717) is 0 Å². The van der Waals surface area contributed by atoms with E-state index in [1.54, 1.807) is 0 Å². The maximum atomic E-state index is 11.3. The standard InChI is InChI=1S/C15H16N2O/c1-11-14-9-5-8-13(10-18)17(14)15(16-11)12-6-3-2-4-7-12/h2-4,6-7,10,13H,5,8-9H2,1H3. The number of aryl methyl sites for hydroxylation is 1. The Morgan fingerprint density at radius 3 is 2.83 bits per heavy atom. The Kier molecular flexibility index (Phi) is 2.74. The van der Waals surface area contributed by atoms with E-state index in [-0.39, 0.29) is 6.04 Å². The Hall–Kier alpha value is -1.90. The van der Waals surface area contributed by atoms with Gasteiger partial charge in [0, 0.05) is 11.3 Å². The van der Waals surface area contributed by atoms with Gasteiger partial charge in [0.25, 0.3) is 0 Å². The van der Waals surface area contributed by atoms with Gasteiger partial charge >= 0.3 is 0 Å². The van der Waals surface area contributed by atoms with Gasteiger partial charge in [-0.2, -0.15) is 0 Å². The van der Waals surface area contributed by atoms with Crippen molar-refractivity contribution < 1.29 is 4.79 Å². The summed E-state index contributed by atoms with van der Waals surface area (Å²) in [6.45, 7) is 2.03. The molecule has 1 aromatic carbocycles. The molecule has 0 radical (unpaired) electrons. The maximum absolute atomic E-state index is 11.3. The number of benzene rings is 1. The lowest BCUT2D eigenvalue weighted by Gasteiger charge is -2.23. The Labute approximate surface area is 106 Å². The quantitative estimate of drug-likeness (QED) is 0.756. The molecule has 3 rings (SSSR count). The molecule has 3 heteroatoms. The van der Waals surface area contributed by atoms with E-state index in [1.165, 1.54) is 5.69 Å². The second-order valence-corrected chi connectivity index (χ2v) is 4.80. The third-order valence-electron chi connectivity index (χ3n) is 3.64. The number of nitrogens with zero attached hydrogens (tertiary/aromatic N) is 2. The highest BCUT2D eigenvalue weighted by Crippen LogP contribution is 2.32. The highest BCUT2D eigenvalue weighted by molar-refractivity contribution is 5.63. The molecular weight excluding hydrogens is 224 g/mol. The highest BCUT2D eigenvalue weighted by atomic mass is 16.1. The molecule has 0 amide bonds. The first-order valence-corrected chi connectivity index (χ1v) is 6.39.